The molecule has 0 aliphatic heterocycles. The molecular formula is C17H19BrN2O3S. The number of para-hydroxylation sites is 1. The van der Waals surface area contributed by atoms with Crippen LogP contribution in [0.4, 0.5) is 11.4 Å². The van der Waals surface area contributed by atoms with Crippen molar-refractivity contribution in [3.63, 3.8) is 0 Å². The highest BCUT2D eigenvalue weighted by Gasteiger charge is 2.22. The van der Waals surface area contributed by atoms with E-state index in [1.807, 2.05) is 25.1 Å². The molecule has 0 fully saturated rings. The molecule has 0 saturated heterocycles. The van der Waals surface area contributed by atoms with Crippen molar-refractivity contribution in [2.24, 2.45) is 0 Å². The number of nitrogens with one attached hydrogen (secondary N) is 1. The first-order valence-electron chi connectivity index (χ1n) is 7.42. The van der Waals surface area contributed by atoms with Gasteiger partial charge in [-0.05, 0) is 36.2 Å². The van der Waals surface area contributed by atoms with Gasteiger partial charge in [0.25, 0.3) is 0 Å². The lowest BCUT2D eigenvalue weighted by Crippen LogP contribution is -2.38. The molecule has 2 aromatic rings. The van der Waals surface area contributed by atoms with Gasteiger partial charge in [-0.2, -0.15) is 0 Å². The summed E-state index contributed by atoms with van der Waals surface area (Å²) in [5.74, 6) is -0.399. The normalized spacial score (nSPS) is 11.1. The zero-order valence-electron chi connectivity index (χ0n) is 13.5. The number of hydrogen-bond acceptors (Lipinski definition) is 3. The molecule has 0 heterocycles. The van der Waals surface area contributed by atoms with E-state index in [-0.39, 0.29) is 6.54 Å². The van der Waals surface area contributed by atoms with E-state index in [9.17, 15) is 13.2 Å². The first-order chi connectivity index (χ1) is 11.3. The fourth-order valence-electron chi connectivity index (χ4n) is 2.33. The van der Waals surface area contributed by atoms with Crippen molar-refractivity contribution in [1.82, 2.24) is 0 Å². The summed E-state index contributed by atoms with van der Waals surface area (Å²) in [7, 11) is -3.58. The Labute approximate surface area is 150 Å². The summed E-state index contributed by atoms with van der Waals surface area (Å²) in [5.41, 5.74) is 2.01. The van der Waals surface area contributed by atoms with Gasteiger partial charge in [-0.25, -0.2) is 8.42 Å². The molecule has 1 amide bonds. The van der Waals surface area contributed by atoms with Crippen LogP contribution >= 0.6 is 15.9 Å². The number of carbonyl (C=O) groups is 1. The highest BCUT2D eigenvalue weighted by Crippen LogP contribution is 2.23. The van der Waals surface area contributed by atoms with Crippen LogP contribution in [0.2, 0.25) is 0 Å². The van der Waals surface area contributed by atoms with Gasteiger partial charge in [0.1, 0.15) is 6.54 Å². The smallest absolute Gasteiger partial charge is 0.245 e. The Morgan fingerprint density at radius 3 is 2.50 bits per heavy atom. The minimum atomic E-state index is -3.58. The molecule has 24 heavy (non-hydrogen) atoms. The summed E-state index contributed by atoms with van der Waals surface area (Å²) >= 11 is 3.33. The Hall–Kier alpha value is -1.86. The number of rotatable bonds is 6. The number of nitrogens with zero attached hydrogens (tertiary/aromatic N) is 1. The maximum atomic E-state index is 12.3. The Morgan fingerprint density at radius 2 is 1.88 bits per heavy atom. The SMILES string of the molecule is CCc1ccccc1N(CC(=O)Nc1cccc(Br)c1)S(C)(=O)=O. The number of amides is 1. The molecule has 1 N–H and O–H groups in total. The van der Waals surface area contributed by atoms with Gasteiger partial charge >= 0.3 is 0 Å². The van der Waals surface area contributed by atoms with E-state index in [0.29, 0.717) is 17.8 Å². The molecule has 0 aliphatic carbocycles. The Morgan fingerprint density at radius 1 is 1.17 bits per heavy atom. The predicted molar refractivity (Wildman–Crippen MR) is 101 cm³/mol. The third-order valence-electron chi connectivity index (χ3n) is 3.44. The first-order valence-corrected chi connectivity index (χ1v) is 10.1. The van der Waals surface area contributed by atoms with Gasteiger partial charge in [0.05, 0.1) is 11.9 Å². The summed E-state index contributed by atoms with van der Waals surface area (Å²) in [5, 5.41) is 2.72. The van der Waals surface area contributed by atoms with Crippen molar-refractivity contribution in [2.75, 3.05) is 22.4 Å². The maximum absolute atomic E-state index is 12.3. The third-order valence-corrected chi connectivity index (χ3v) is 5.06. The molecule has 5 nitrogen and oxygen atoms in total. The molecule has 0 unspecified atom stereocenters. The average molecular weight is 411 g/mol. The predicted octanol–water partition coefficient (Wildman–Crippen LogP) is 3.42. The highest BCUT2D eigenvalue weighted by atomic mass is 79.9. The van der Waals surface area contributed by atoms with Crippen LogP contribution in [0.1, 0.15) is 12.5 Å². The molecule has 2 rings (SSSR count). The van der Waals surface area contributed by atoms with Crippen molar-refractivity contribution in [3.05, 3.63) is 58.6 Å². The number of anilines is 2. The topological polar surface area (TPSA) is 66.5 Å². The van der Waals surface area contributed by atoms with Crippen molar-refractivity contribution in [2.45, 2.75) is 13.3 Å². The van der Waals surface area contributed by atoms with E-state index in [4.69, 9.17) is 0 Å². The second kappa shape index (κ2) is 7.81. The molecule has 0 bridgehead atoms. The third kappa shape index (κ3) is 4.82. The van der Waals surface area contributed by atoms with Crippen molar-refractivity contribution < 1.29 is 13.2 Å². The largest absolute Gasteiger partial charge is 0.324 e. The van der Waals surface area contributed by atoms with E-state index >= 15 is 0 Å². The maximum Gasteiger partial charge on any atom is 0.245 e. The lowest BCUT2D eigenvalue weighted by Gasteiger charge is -2.24. The lowest BCUT2D eigenvalue weighted by atomic mass is 10.1. The van der Waals surface area contributed by atoms with Gasteiger partial charge in [0, 0.05) is 10.2 Å². The molecule has 0 atom stereocenters. The monoisotopic (exact) mass is 410 g/mol. The van der Waals surface area contributed by atoms with E-state index in [1.165, 1.54) is 0 Å². The lowest BCUT2D eigenvalue weighted by molar-refractivity contribution is -0.114. The van der Waals surface area contributed by atoms with Crippen LogP contribution < -0.4 is 9.62 Å². The second-order valence-corrected chi connectivity index (χ2v) is 8.13. The fraction of sp³-hybridized carbons (Fsp3) is 0.235. The minimum Gasteiger partial charge on any atom is -0.324 e. The summed E-state index contributed by atoms with van der Waals surface area (Å²) in [6.07, 6.45) is 1.78. The number of aryl methyl sites for hydroxylation is 1. The van der Waals surface area contributed by atoms with E-state index in [0.717, 1.165) is 20.6 Å². The highest BCUT2D eigenvalue weighted by molar-refractivity contribution is 9.10. The van der Waals surface area contributed by atoms with Gasteiger partial charge in [-0.1, -0.05) is 47.1 Å². The molecule has 0 saturated carbocycles. The van der Waals surface area contributed by atoms with E-state index < -0.39 is 15.9 Å². The summed E-state index contributed by atoms with van der Waals surface area (Å²) in [6, 6.07) is 14.3. The van der Waals surface area contributed by atoms with Crippen LogP contribution in [0, 0.1) is 0 Å². The van der Waals surface area contributed by atoms with Crippen LogP contribution in [0.25, 0.3) is 0 Å². The van der Waals surface area contributed by atoms with Crippen LogP contribution in [0.3, 0.4) is 0 Å². The molecule has 2 aromatic carbocycles. The number of carbonyl (C=O) groups excluding carboxylic acids is 1. The zero-order chi connectivity index (χ0) is 17.7. The van der Waals surface area contributed by atoms with Crippen molar-refractivity contribution in [3.8, 4) is 0 Å². The second-order valence-electron chi connectivity index (χ2n) is 5.31. The van der Waals surface area contributed by atoms with Crippen LogP contribution in [0.5, 0.6) is 0 Å². The van der Waals surface area contributed by atoms with Crippen molar-refractivity contribution >= 4 is 43.2 Å². The van der Waals surface area contributed by atoms with Gasteiger partial charge in [-0.3, -0.25) is 9.10 Å². The number of halogens is 1. The molecule has 0 spiro atoms. The van der Waals surface area contributed by atoms with E-state index in [1.54, 1.807) is 30.3 Å². The van der Waals surface area contributed by atoms with Crippen LogP contribution in [-0.4, -0.2) is 27.1 Å². The van der Waals surface area contributed by atoms with Gasteiger partial charge in [0.2, 0.25) is 15.9 Å². The van der Waals surface area contributed by atoms with Crippen LogP contribution in [0.15, 0.2) is 53.0 Å². The number of benzene rings is 2. The molecule has 0 radical (unpaired) electrons. The zero-order valence-corrected chi connectivity index (χ0v) is 15.9. The number of sulfonamides is 1. The summed E-state index contributed by atoms with van der Waals surface area (Å²) in [6.45, 7) is 1.67. The fourth-order valence-corrected chi connectivity index (χ4v) is 3.62. The summed E-state index contributed by atoms with van der Waals surface area (Å²) in [4.78, 5) is 12.3. The van der Waals surface area contributed by atoms with Gasteiger partial charge < -0.3 is 5.32 Å². The average Bonchev–Trinajstić information content (AvgIpc) is 2.51. The van der Waals surface area contributed by atoms with Gasteiger partial charge in [-0.15, -0.1) is 0 Å². The number of hydrogen-bond donors (Lipinski definition) is 1. The Balaban J connectivity index is 2.25. The molecular weight excluding hydrogens is 392 g/mol. The first kappa shape index (κ1) is 18.5. The quantitative estimate of drug-likeness (QED) is 0.792. The van der Waals surface area contributed by atoms with Crippen molar-refractivity contribution in [1.29, 1.82) is 0 Å². The van der Waals surface area contributed by atoms with Crippen LogP contribution in [-0.2, 0) is 21.2 Å². The Bertz CT molecular complexity index is 837. The molecule has 7 heteroatoms. The van der Waals surface area contributed by atoms with E-state index in [2.05, 4.69) is 21.2 Å². The summed E-state index contributed by atoms with van der Waals surface area (Å²) < 4.78 is 26.3. The Kier molecular flexibility index (Phi) is 6.01. The minimum absolute atomic E-state index is 0.275. The standard InChI is InChI=1S/C17H19BrN2O3S/c1-3-13-7-4-5-10-16(13)20(24(2,22)23)12-17(21)19-15-9-6-8-14(18)11-15/h4-11H,3,12H2,1-2H3,(H,19,21). The molecule has 0 aromatic heterocycles. The van der Waals surface area contributed by atoms with Gasteiger partial charge in [0.15, 0.2) is 0 Å². The molecule has 0 aliphatic rings. The molecule has 128 valence electrons.